The average Bonchev–Trinajstić information content (AvgIpc) is 2.77. The molecule has 0 atom stereocenters. The van der Waals surface area contributed by atoms with Crippen LogP contribution in [0.1, 0.15) is 12.6 Å². The lowest BCUT2D eigenvalue weighted by Crippen LogP contribution is -2.23. The summed E-state index contributed by atoms with van der Waals surface area (Å²) >= 11 is 3.44. The number of hydrogen-bond acceptors (Lipinski definition) is 3. The number of rotatable bonds is 1. The maximum absolute atomic E-state index is 12.5. The van der Waals surface area contributed by atoms with Crippen LogP contribution in [-0.2, 0) is 6.54 Å². The number of hydrogen-bond donors (Lipinski definition) is 0. The molecule has 0 aromatic carbocycles. The van der Waals surface area contributed by atoms with Crippen molar-refractivity contribution in [1.82, 2.24) is 19.2 Å². The Bertz CT molecular complexity index is 818. The van der Waals surface area contributed by atoms with Crippen LogP contribution >= 0.6 is 15.9 Å². The largest absolute Gasteiger partial charge is 0.293 e. The summed E-state index contributed by atoms with van der Waals surface area (Å²) in [7, 11) is 0. The van der Waals surface area contributed by atoms with E-state index in [1.807, 2.05) is 26.0 Å². The fourth-order valence-electron chi connectivity index (χ4n) is 2.18. The van der Waals surface area contributed by atoms with E-state index in [9.17, 15) is 4.79 Å². The summed E-state index contributed by atoms with van der Waals surface area (Å²) in [5.41, 5.74) is 2.16. The molecule has 92 valence electrons. The second-order valence-corrected chi connectivity index (χ2v) is 4.95. The van der Waals surface area contributed by atoms with Crippen LogP contribution in [-0.4, -0.2) is 19.2 Å². The van der Waals surface area contributed by atoms with Gasteiger partial charge < -0.3 is 0 Å². The standard InChI is InChI=1S/C12H11BrN4O/c1-3-16-9-4-5-14-17(9)11-10(12(16)18)8(13)6-7(2)15-11/h4-6H,3H2,1-2H3. The molecule has 0 bridgehead atoms. The normalized spacial score (nSPS) is 11.5. The highest BCUT2D eigenvalue weighted by Gasteiger charge is 2.14. The smallest absolute Gasteiger partial charge is 0.264 e. The molecule has 0 unspecified atom stereocenters. The van der Waals surface area contributed by atoms with Gasteiger partial charge in [-0.25, -0.2) is 4.98 Å². The first-order valence-corrected chi connectivity index (χ1v) is 6.46. The third-order valence-electron chi connectivity index (χ3n) is 2.96. The van der Waals surface area contributed by atoms with Crippen molar-refractivity contribution in [3.05, 3.63) is 38.9 Å². The molecule has 5 nitrogen and oxygen atoms in total. The lowest BCUT2D eigenvalue weighted by molar-refractivity contribution is 0.734. The molecule has 3 aromatic heterocycles. The Morgan fingerprint density at radius 3 is 2.94 bits per heavy atom. The van der Waals surface area contributed by atoms with E-state index in [1.54, 1.807) is 15.3 Å². The van der Waals surface area contributed by atoms with E-state index in [0.717, 1.165) is 15.8 Å². The van der Waals surface area contributed by atoms with Crippen LogP contribution in [0.3, 0.4) is 0 Å². The number of halogens is 1. The summed E-state index contributed by atoms with van der Waals surface area (Å²) in [6.07, 6.45) is 1.68. The third kappa shape index (κ3) is 1.42. The van der Waals surface area contributed by atoms with Crippen LogP contribution < -0.4 is 5.56 Å². The molecule has 0 saturated heterocycles. The molecule has 3 rings (SSSR count). The van der Waals surface area contributed by atoms with Gasteiger partial charge in [0.1, 0.15) is 5.65 Å². The minimum absolute atomic E-state index is 0.0418. The highest BCUT2D eigenvalue weighted by Crippen LogP contribution is 2.21. The first kappa shape index (κ1) is 11.4. The Labute approximate surface area is 111 Å². The second-order valence-electron chi connectivity index (χ2n) is 4.09. The Hall–Kier alpha value is -1.69. The first-order valence-electron chi connectivity index (χ1n) is 5.67. The highest BCUT2D eigenvalue weighted by atomic mass is 79.9. The van der Waals surface area contributed by atoms with Crippen molar-refractivity contribution >= 4 is 32.6 Å². The molecule has 3 heterocycles. The van der Waals surface area contributed by atoms with Gasteiger partial charge in [0.15, 0.2) is 5.65 Å². The van der Waals surface area contributed by atoms with Gasteiger partial charge in [-0.05, 0) is 35.8 Å². The summed E-state index contributed by atoms with van der Waals surface area (Å²) in [5, 5.41) is 4.82. The minimum Gasteiger partial charge on any atom is -0.293 e. The van der Waals surface area contributed by atoms with Crippen LogP contribution in [0.15, 0.2) is 27.6 Å². The molecule has 0 fully saturated rings. The monoisotopic (exact) mass is 306 g/mol. The van der Waals surface area contributed by atoms with Crippen molar-refractivity contribution in [2.75, 3.05) is 0 Å². The van der Waals surface area contributed by atoms with E-state index < -0.39 is 0 Å². The summed E-state index contributed by atoms with van der Waals surface area (Å²) in [6.45, 7) is 4.44. The van der Waals surface area contributed by atoms with Gasteiger partial charge >= 0.3 is 0 Å². The van der Waals surface area contributed by atoms with Gasteiger partial charge in [-0.15, -0.1) is 0 Å². The predicted octanol–water partition coefficient (Wildman–Crippen LogP) is 2.14. The molecule has 0 saturated carbocycles. The topological polar surface area (TPSA) is 52.2 Å². The Balaban J connectivity index is 2.70. The van der Waals surface area contributed by atoms with Crippen LogP contribution in [0.4, 0.5) is 0 Å². The predicted molar refractivity (Wildman–Crippen MR) is 72.9 cm³/mol. The van der Waals surface area contributed by atoms with Crippen molar-refractivity contribution in [2.45, 2.75) is 20.4 Å². The maximum atomic E-state index is 12.5. The molecular weight excluding hydrogens is 296 g/mol. The average molecular weight is 307 g/mol. The van der Waals surface area contributed by atoms with Gasteiger partial charge in [-0.2, -0.15) is 9.61 Å². The summed E-state index contributed by atoms with van der Waals surface area (Å²) in [5.74, 6) is 0. The summed E-state index contributed by atoms with van der Waals surface area (Å²) in [4.78, 5) is 16.9. The highest BCUT2D eigenvalue weighted by molar-refractivity contribution is 9.10. The van der Waals surface area contributed by atoms with Crippen LogP contribution in [0.2, 0.25) is 0 Å². The van der Waals surface area contributed by atoms with Crippen molar-refractivity contribution < 1.29 is 0 Å². The number of nitrogens with zero attached hydrogens (tertiary/aromatic N) is 4. The number of aryl methyl sites for hydroxylation is 2. The van der Waals surface area contributed by atoms with E-state index in [2.05, 4.69) is 26.0 Å². The van der Waals surface area contributed by atoms with E-state index in [0.29, 0.717) is 17.6 Å². The van der Waals surface area contributed by atoms with E-state index in [1.165, 1.54) is 0 Å². The van der Waals surface area contributed by atoms with Crippen LogP contribution in [0, 0.1) is 6.92 Å². The van der Waals surface area contributed by atoms with Gasteiger partial charge in [-0.1, -0.05) is 0 Å². The van der Waals surface area contributed by atoms with Crippen molar-refractivity contribution in [2.24, 2.45) is 0 Å². The third-order valence-corrected chi connectivity index (χ3v) is 3.58. The van der Waals surface area contributed by atoms with Gasteiger partial charge in [0.2, 0.25) is 0 Å². The Kier molecular flexibility index (Phi) is 2.48. The molecular formula is C12H11BrN4O. The molecule has 0 N–H and O–H groups in total. The van der Waals surface area contributed by atoms with Gasteiger partial charge in [0, 0.05) is 22.8 Å². The SMILES string of the molecule is CCn1c(=O)c2c(Br)cc(C)nc2n2nccc12. The minimum atomic E-state index is -0.0418. The summed E-state index contributed by atoms with van der Waals surface area (Å²) < 4.78 is 4.16. The Morgan fingerprint density at radius 2 is 2.22 bits per heavy atom. The van der Waals surface area contributed by atoms with Crippen LogP contribution in [0.5, 0.6) is 0 Å². The number of aromatic nitrogens is 4. The molecule has 3 aromatic rings. The van der Waals surface area contributed by atoms with Crippen molar-refractivity contribution in [3.63, 3.8) is 0 Å². The Morgan fingerprint density at radius 1 is 1.44 bits per heavy atom. The van der Waals surface area contributed by atoms with Crippen molar-refractivity contribution in [1.29, 1.82) is 0 Å². The zero-order valence-electron chi connectivity index (χ0n) is 10.0. The molecule has 18 heavy (non-hydrogen) atoms. The van der Waals surface area contributed by atoms with E-state index in [4.69, 9.17) is 0 Å². The van der Waals surface area contributed by atoms with Crippen molar-refractivity contribution in [3.8, 4) is 0 Å². The summed E-state index contributed by atoms with van der Waals surface area (Å²) in [6, 6.07) is 3.67. The zero-order chi connectivity index (χ0) is 12.9. The number of fused-ring (bicyclic) bond motifs is 3. The van der Waals surface area contributed by atoms with Gasteiger partial charge in [0.05, 0.1) is 11.6 Å². The fourth-order valence-corrected chi connectivity index (χ4v) is 2.86. The molecule has 0 aliphatic heterocycles. The molecule has 0 radical (unpaired) electrons. The zero-order valence-corrected chi connectivity index (χ0v) is 11.6. The molecule has 0 aliphatic rings. The molecule has 0 amide bonds. The lowest BCUT2D eigenvalue weighted by Gasteiger charge is -2.09. The fraction of sp³-hybridized carbons (Fsp3) is 0.250. The quantitative estimate of drug-likeness (QED) is 0.692. The van der Waals surface area contributed by atoms with Gasteiger partial charge in [-0.3, -0.25) is 9.36 Å². The lowest BCUT2D eigenvalue weighted by atomic mass is 10.3. The maximum Gasteiger partial charge on any atom is 0.264 e. The van der Waals surface area contributed by atoms with Crippen LogP contribution in [0.25, 0.3) is 16.7 Å². The number of pyridine rings is 1. The van der Waals surface area contributed by atoms with Gasteiger partial charge in [0.25, 0.3) is 5.56 Å². The first-order chi connectivity index (χ1) is 8.63. The molecule has 0 aliphatic carbocycles. The molecule has 6 heteroatoms. The second kappa shape index (κ2) is 3.91. The molecule has 0 spiro atoms. The van der Waals surface area contributed by atoms with E-state index in [-0.39, 0.29) is 5.56 Å². The van der Waals surface area contributed by atoms with E-state index >= 15 is 0 Å².